The number of rotatable bonds is 6. The molecule has 2 rings (SSSR count). The summed E-state index contributed by atoms with van der Waals surface area (Å²) in [6.45, 7) is 3.81. The summed E-state index contributed by atoms with van der Waals surface area (Å²) in [5.41, 5.74) is 0.704. The number of benzene rings is 1. The minimum absolute atomic E-state index is 0.109. The van der Waals surface area contributed by atoms with Gasteiger partial charge in [-0.2, -0.15) is 0 Å². The highest BCUT2D eigenvalue weighted by molar-refractivity contribution is 5.87. The molecule has 0 radical (unpaired) electrons. The molecular formula is C17H23FN2O4. The minimum Gasteiger partial charge on any atom is -0.494 e. The molecule has 0 aromatic heterocycles. The number of ether oxygens (including phenoxy) is 2. The van der Waals surface area contributed by atoms with Crippen molar-refractivity contribution in [3.8, 4) is 5.75 Å². The smallest absolute Gasteiger partial charge is 0.245 e. The van der Waals surface area contributed by atoms with Crippen LogP contribution >= 0.6 is 0 Å². The molecule has 1 heterocycles. The fraction of sp³-hybridized carbons (Fsp3) is 0.529. The maximum atomic E-state index is 13.6. The molecule has 24 heavy (non-hydrogen) atoms. The third-order valence-corrected chi connectivity index (χ3v) is 3.93. The lowest BCUT2D eigenvalue weighted by Gasteiger charge is -2.29. The fourth-order valence-corrected chi connectivity index (χ4v) is 2.56. The number of carbonyl (C=O) groups excluding carboxylic acids is 2. The van der Waals surface area contributed by atoms with E-state index in [1.165, 1.54) is 19.2 Å². The zero-order valence-corrected chi connectivity index (χ0v) is 14.0. The fourth-order valence-electron chi connectivity index (χ4n) is 2.56. The van der Waals surface area contributed by atoms with Crippen LogP contribution in [0.4, 0.5) is 4.39 Å². The molecule has 0 aliphatic carbocycles. The van der Waals surface area contributed by atoms with Gasteiger partial charge in [0, 0.05) is 19.5 Å². The normalized spacial score (nSPS) is 15.7. The topological polar surface area (TPSA) is 67.9 Å². The van der Waals surface area contributed by atoms with Crippen molar-refractivity contribution in [2.75, 3.05) is 33.4 Å². The standard InChI is InChI=1S/C17H23FN2O4/c1-12(17(22)20-7-9-24-10-8-20)19-16(21)6-4-13-3-5-15(23-2)14(18)11-13/h3,5,11-12H,4,6-10H2,1-2H3,(H,19,21)/t12-/m1/s1. The first-order valence-corrected chi connectivity index (χ1v) is 7.99. The van der Waals surface area contributed by atoms with E-state index in [2.05, 4.69) is 5.32 Å². The van der Waals surface area contributed by atoms with E-state index in [-0.39, 0.29) is 24.0 Å². The van der Waals surface area contributed by atoms with Crippen LogP contribution in [0.3, 0.4) is 0 Å². The zero-order chi connectivity index (χ0) is 17.5. The second-order valence-electron chi connectivity index (χ2n) is 5.70. The molecule has 0 unspecified atom stereocenters. The van der Waals surface area contributed by atoms with Crippen molar-refractivity contribution < 1.29 is 23.5 Å². The average molecular weight is 338 g/mol. The SMILES string of the molecule is COc1ccc(CCC(=O)N[C@H](C)C(=O)N2CCOCC2)cc1F. The van der Waals surface area contributed by atoms with E-state index < -0.39 is 11.9 Å². The highest BCUT2D eigenvalue weighted by Gasteiger charge is 2.23. The van der Waals surface area contributed by atoms with Gasteiger partial charge >= 0.3 is 0 Å². The van der Waals surface area contributed by atoms with Gasteiger partial charge in [0.15, 0.2) is 11.6 Å². The van der Waals surface area contributed by atoms with Gasteiger partial charge in [-0.3, -0.25) is 9.59 Å². The first kappa shape index (κ1) is 18.2. The second kappa shape index (κ2) is 8.63. The van der Waals surface area contributed by atoms with Crippen molar-refractivity contribution in [2.45, 2.75) is 25.8 Å². The Morgan fingerprint density at radius 3 is 2.71 bits per heavy atom. The number of hydrogen-bond acceptors (Lipinski definition) is 4. The molecule has 2 amide bonds. The van der Waals surface area contributed by atoms with Gasteiger partial charge in [-0.1, -0.05) is 6.07 Å². The largest absolute Gasteiger partial charge is 0.494 e. The van der Waals surface area contributed by atoms with Gasteiger partial charge in [-0.05, 0) is 31.0 Å². The Kier molecular flexibility index (Phi) is 6.54. The maximum absolute atomic E-state index is 13.6. The van der Waals surface area contributed by atoms with Crippen molar-refractivity contribution >= 4 is 11.8 Å². The Hall–Kier alpha value is -2.15. The van der Waals surface area contributed by atoms with Crippen molar-refractivity contribution in [3.05, 3.63) is 29.6 Å². The monoisotopic (exact) mass is 338 g/mol. The highest BCUT2D eigenvalue weighted by Crippen LogP contribution is 2.18. The molecule has 1 aliphatic rings. The molecule has 1 N–H and O–H groups in total. The van der Waals surface area contributed by atoms with Crippen molar-refractivity contribution in [3.63, 3.8) is 0 Å². The van der Waals surface area contributed by atoms with Crippen LogP contribution in [0.25, 0.3) is 0 Å². The van der Waals surface area contributed by atoms with E-state index in [9.17, 15) is 14.0 Å². The summed E-state index contributed by atoms with van der Waals surface area (Å²) in [4.78, 5) is 25.9. The van der Waals surface area contributed by atoms with E-state index in [0.717, 1.165) is 0 Å². The van der Waals surface area contributed by atoms with Gasteiger partial charge in [0.1, 0.15) is 6.04 Å². The van der Waals surface area contributed by atoms with Crippen LogP contribution in [0.1, 0.15) is 18.9 Å². The Morgan fingerprint density at radius 1 is 1.38 bits per heavy atom. The number of carbonyl (C=O) groups is 2. The molecule has 1 aromatic carbocycles. The summed E-state index contributed by atoms with van der Waals surface area (Å²) in [5.74, 6) is -0.623. The van der Waals surface area contributed by atoms with Crippen LogP contribution in [0.5, 0.6) is 5.75 Å². The quantitative estimate of drug-likeness (QED) is 0.844. The summed E-state index contributed by atoms with van der Waals surface area (Å²) in [7, 11) is 1.40. The van der Waals surface area contributed by atoms with Gasteiger partial charge in [0.25, 0.3) is 0 Å². The van der Waals surface area contributed by atoms with Crippen LogP contribution in [-0.2, 0) is 20.7 Å². The van der Waals surface area contributed by atoms with Crippen LogP contribution in [0, 0.1) is 5.82 Å². The van der Waals surface area contributed by atoms with Crippen molar-refractivity contribution in [1.82, 2.24) is 10.2 Å². The van der Waals surface area contributed by atoms with Gasteiger partial charge < -0.3 is 19.7 Å². The third kappa shape index (κ3) is 4.92. The molecule has 6 nitrogen and oxygen atoms in total. The summed E-state index contributed by atoms with van der Waals surface area (Å²) in [6, 6.07) is 4.03. The predicted octanol–water partition coefficient (Wildman–Crippen LogP) is 1.13. The molecule has 1 aromatic rings. The lowest BCUT2D eigenvalue weighted by atomic mass is 10.1. The number of halogens is 1. The number of morpholine rings is 1. The van der Waals surface area contributed by atoms with E-state index in [0.29, 0.717) is 38.3 Å². The van der Waals surface area contributed by atoms with Crippen LogP contribution < -0.4 is 10.1 Å². The number of amides is 2. The third-order valence-electron chi connectivity index (χ3n) is 3.93. The molecule has 7 heteroatoms. The molecule has 1 saturated heterocycles. The van der Waals surface area contributed by atoms with E-state index >= 15 is 0 Å². The number of hydrogen-bond donors (Lipinski definition) is 1. The number of aryl methyl sites for hydroxylation is 1. The van der Waals surface area contributed by atoms with E-state index in [4.69, 9.17) is 9.47 Å². The number of nitrogens with one attached hydrogen (secondary N) is 1. The number of nitrogens with zero attached hydrogens (tertiary/aromatic N) is 1. The molecule has 1 fully saturated rings. The van der Waals surface area contributed by atoms with Gasteiger partial charge in [-0.15, -0.1) is 0 Å². The second-order valence-corrected chi connectivity index (χ2v) is 5.70. The van der Waals surface area contributed by atoms with Gasteiger partial charge in [0.2, 0.25) is 11.8 Å². The summed E-state index contributed by atoms with van der Waals surface area (Å²) >= 11 is 0. The molecular weight excluding hydrogens is 315 g/mol. The zero-order valence-electron chi connectivity index (χ0n) is 14.0. The summed E-state index contributed by atoms with van der Waals surface area (Å²) in [5, 5.41) is 2.69. The van der Waals surface area contributed by atoms with Gasteiger partial charge in [-0.25, -0.2) is 4.39 Å². The lowest BCUT2D eigenvalue weighted by Crippen LogP contribution is -2.50. The minimum atomic E-state index is -0.580. The van der Waals surface area contributed by atoms with Crippen LogP contribution in [0.2, 0.25) is 0 Å². The Labute approximate surface area is 140 Å². The molecule has 1 atom stereocenters. The summed E-state index contributed by atoms with van der Waals surface area (Å²) < 4.78 is 23.7. The first-order valence-electron chi connectivity index (χ1n) is 7.99. The molecule has 0 bridgehead atoms. The molecule has 0 spiro atoms. The predicted molar refractivity (Wildman–Crippen MR) is 86.3 cm³/mol. The Morgan fingerprint density at radius 2 is 2.08 bits per heavy atom. The van der Waals surface area contributed by atoms with Crippen molar-refractivity contribution in [1.29, 1.82) is 0 Å². The molecule has 132 valence electrons. The van der Waals surface area contributed by atoms with Crippen LogP contribution in [-0.4, -0.2) is 56.2 Å². The molecule has 1 aliphatic heterocycles. The highest BCUT2D eigenvalue weighted by atomic mass is 19.1. The lowest BCUT2D eigenvalue weighted by molar-refractivity contribution is -0.139. The summed E-state index contributed by atoms with van der Waals surface area (Å²) in [6.07, 6.45) is 0.581. The van der Waals surface area contributed by atoms with E-state index in [1.807, 2.05) is 0 Å². The Bertz CT molecular complexity index is 588. The Balaban J connectivity index is 1.79. The number of methoxy groups -OCH3 is 1. The first-order chi connectivity index (χ1) is 11.5. The van der Waals surface area contributed by atoms with Gasteiger partial charge in [0.05, 0.1) is 20.3 Å². The van der Waals surface area contributed by atoms with Crippen LogP contribution in [0.15, 0.2) is 18.2 Å². The molecule has 0 saturated carbocycles. The van der Waals surface area contributed by atoms with Crippen molar-refractivity contribution in [2.24, 2.45) is 0 Å². The average Bonchev–Trinajstić information content (AvgIpc) is 2.60. The maximum Gasteiger partial charge on any atom is 0.245 e. The van der Waals surface area contributed by atoms with E-state index in [1.54, 1.807) is 17.9 Å².